The molecular weight excluding hydrogens is 278 g/mol. The molecule has 1 amide bonds. The van der Waals surface area contributed by atoms with Crippen LogP contribution in [0.4, 0.5) is 5.69 Å². The lowest BCUT2D eigenvalue weighted by atomic mass is 10.00. The topological polar surface area (TPSA) is 108 Å². The van der Waals surface area contributed by atoms with E-state index in [1.54, 1.807) is 31.2 Å². The second-order valence-electron chi connectivity index (χ2n) is 5.00. The lowest BCUT2D eigenvalue weighted by Crippen LogP contribution is -2.58. The molecule has 1 aliphatic heterocycles. The van der Waals surface area contributed by atoms with Crippen molar-refractivity contribution in [3.8, 4) is 5.75 Å². The van der Waals surface area contributed by atoms with Crippen LogP contribution in [-0.2, 0) is 9.53 Å². The van der Waals surface area contributed by atoms with E-state index in [-0.39, 0.29) is 5.91 Å². The fraction of sp³-hybridized carbons (Fsp3) is 0.500. The number of ether oxygens (including phenoxy) is 2. The Kier molecular flexibility index (Phi) is 4.79. The van der Waals surface area contributed by atoms with E-state index in [1.807, 2.05) is 0 Å². The summed E-state index contributed by atoms with van der Waals surface area (Å²) in [6, 6.07) is 6.48. The van der Waals surface area contributed by atoms with Crippen molar-refractivity contribution in [2.45, 2.75) is 44.6 Å². The second-order valence-corrected chi connectivity index (χ2v) is 5.00. The van der Waals surface area contributed by atoms with Crippen LogP contribution in [0, 0.1) is 0 Å². The van der Waals surface area contributed by atoms with Gasteiger partial charge in [-0.1, -0.05) is 0 Å². The third kappa shape index (κ3) is 3.70. The van der Waals surface area contributed by atoms with Crippen molar-refractivity contribution < 1.29 is 29.6 Å². The predicted molar refractivity (Wildman–Crippen MR) is 73.7 cm³/mol. The van der Waals surface area contributed by atoms with Gasteiger partial charge in [0.15, 0.2) is 0 Å². The van der Waals surface area contributed by atoms with Crippen LogP contribution in [0.3, 0.4) is 0 Å². The summed E-state index contributed by atoms with van der Waals surface area (Å²) in [6.07, 6.45) is -5.59. The van der Waals surface area contributed by atoms with Gasteiger partial charge in [-0.3, -0.25) is 4.79 Å². The van der Waals surface area contributed by atoms with Crippen LogP contribution in [-0.4, -0.2) is 51.9 Å². The Hall–Kier alpha value is -1.67. The number of hydrogen-bond donors (Lipinski definition) is 4. The van der Waals surface area contributed by atoms with Gasteiger partial charge in [0.2, 0.25) is 12.2 Å². The van der Waals surface area contributed by atoms with E-state index in [1.165, 1.54) is 6.92 Å². The van der Waals surface area contributed by atoms with E-state index in [0.717, 1.165) is 0 Å². The van der Waals surface area contributed by atoms with Gasteiger partial charge in [-0.25, -0.2) is 0 Å². The third-order valence-electron chi connectivity index (χ3n) is 3.24. The largest absolute Gasteiger partial charge is 0.462 e. The normalized spacial score (nSPS) is 32.5. The molecule has 0 bridgehead atoms. The van der Waals surface area contributed by atoms with E-state index < -0.39 is 30.7 Å². The van der Waals surface area contributed by atoms with Gasteiger partial charge in [0.05, 0.1) is 6.10 Å². The monoisotopic (exact) mass is 297 g/mol. The zero-order chi connectivity index (χ0) is 15.6. The lowest BCUT2D eigenvalue weighted by Gasteiger charge is -2.38. The quantitative estimate of drug-likeness (QED) is 0.618. The highest BCUT2D eigenvalue weighted by molar-refractivity contribution is 5.88. The summed E-state index contributed by atoms with van der Waals surface area (Å²) in [5.41, 5.74) is 0.615. The van der Waals surface area contributed by atoms with Crippen LogP contribution >= 0.6 is 0 Å². The first kappa shape index (κ1) is 15.7. The molecule has 1 fully saturated rings. The molecule has 1 saturated heterocycles. The van der Waals surface area contributed by atoms with Gasteiger partial charge in [0.25, 0.3) is 0 Å². The summed E-state index contributed by atoms with van der Waals surface area (Å²) in [5, 5.41) is 31.8. The summed E-state index contributed by atoms with van der Waals surface area (Å²) in [6.45, 7) is 2.99. The van der Waals surface area contributed by atoms with Crippen molar-refractivity contribution >= 4 is 11.6 Å². The Morgan fingerprint density at radius 3 is 2.33 bits per heavy atom. The van der Waals surface area contributed by atoms with Crippen molar-refractivity contribution in [1.29, 1.82) is 0 Å². The molecule has 4 N–H and O–H groups in total. The molecular formula is C14H19NO6. The van der Waals surface area contributed by atoms with Crippen LogP contribution in [0.2, 0.25) is 0 Å². The van der Waals surface area contributed by atoms with Gasteiger partial charge in [-0.2, -0.15) is 0 Å². The number of benzene rings is 1. The average Bonchev–Trinajstić information content (AvgIpc) is 2.44. The van der Waals surface area contributed by atoms with E-state index in [2.05, 4.69) is 5.32 Å². The van der Waals surface area contributed by atoms with Crippen LogP contribution < -0.4 is 10.1 Å². The Balaban J connectivity index is 2.02. The Bertz CT molecular complexity index is 491. The van der Waals surface area contributed by atoms with Crippen LogP contribution in [0.1, 0.15) is 13.8 Å². The summed E-state index contributed by atoms with van der Waals surface area (Å²) in [5.74, 6) is 0.226. The molecule has 1 heterocycles. The van der Waals surface area contributed by atoms with Gasteiger partial charge in [-0.05, 0) is 31.2 Å². The number of amides is 1. The molecule has 21 heavy (non-hydrogen) atoms. The highest BCUT2D eigenvalue weighted by Crippen LogP contribution is 2.24. The maximum atomic E-state index is 10.9. The zero-order valence-electron chi connectivity index (χ0n) is 11.8. The van der Waals surface area contributed by atoms with Crippen LogP contribution in [0.5, 0.6) is 5.75 Å². The number of aliphatic hydroxyl groups excluding tert-OH is 3. The highest BCUT2D eigenvalue weighted by atomic mass is 16.7. The molecule has 1 aliphatic rings. The molecule has 7 nitrogen and oxygen atoms in total. The molecule has 0 radical (unpaired) electrons. The number of nitrogens with one attached hydrogen (secondary N) is 1. The first-order chi connectivity index (χ1) is 9.88. The maximum Gasteiger partial charge on any atom is 0.229 e. The summed E-state index contributed by atoms with van der Waals surface area (Å²) >= 11 is 0. The molecule has 0 aromatic heterocycles. The highest BCUT2D eigenvalue weighted by Gasteiger charge is 2.43. The average molecular weight is 297 g/mol. The third-order valence-corrected chi connectivity index (χ3v) is 3.24. The molecule has 0 aliphatic carbocycles. The van der Waals surface area contributed by atoms with Gasteiger partial charge in [0, 0.05) is 12.6 Å². The number of rotatable bonds is 3. The number of carbonyl (C=O) groups excluding carboxylic acids is 1. The minimum atomic E-state index is -1.36. The van der Waals surface area contributed by atoms with Gasteiger partial charge in [0.1, 0.15) is 24.1 Å². The summed E-state index contributed by atoms with van der Waals surface area (Å²) in [7, 11) is 0. The smallest absolute Gasteiger partial charge is 0.229 e. The molecule has 2 rings (SSSR count). The lowest BCUT2D eigenvalue weighted by molar-refractivity contribution is -0.268. The van der Waals surface area contributed by atoms with Gasteiger partial charge < -0.3 is 30.1 Å². The first-order valence-electron chi connectivity index (χ1n) is 6.62. The fourth-order valence-corrected chi connectivity index (χ4v) is 2.06. The standard InChI is InChI=1S/C14H19NO6/c1-7-11(17)12(18)13(19)14(20-7)21-10-5-3-9(4-6-10)15-8(2)16/h3-7,11-14,17-19H,1-2H3,(H,15,16)/t7?,11-,12+,13?,14-/m1/s1. The van der Waals surface area contributed by atoms with Crippen molar-refractivity contribution in [3.05, 3.63) is 24.3 Å². The number of aliphatic hydroxyl groups is 3. The van der Waals surface area contributed by atoms with Crippen molar-refractivity contribution in [2.75, 3.05) is 5.32 Å². The molecule has 0 saturated carbocycles. The SMILES string of the molecule is CC(=O)Nc1ccc(O[C@H]2OC(C)[C@@H](O)[C@H](O)C2O)cc1. The van der Waals surface area contributed by atoms with E-state index >= 15 is 0 Å². The Labute approximate surface area is 122 Å². The molecule has 1 aromatic carbocycles. The molecule has 5 atom stereocenters. The van der Waals surface area contributed by atoms with Crippen LogP contribution in [0.15, 0.2) is 24.3 Å². The van der Waals surface area contributed by atoms with Crippen molar-refractivity contribution in [3.63, 3.8) is 0 Å². The van der Waals surface area contributed by atoms with E-state index in [4.69, 9.17) is 9.47 Å². The molecule has 2 unspecified atom stereocenters. The number of hydrogen-bond acceptors (Lipinski definition) is 6. The fourth-order valence-electron chi connectivity index (χ4n) is 2.06. The minimum Gasteiger partial charge on any atom is -0.462 e. The van der Waals surface area contributed by atoms with Crippen molar-refractivity contribution in [1.82, 2.24) is 0 Å². The van der Waals surface area contributed by atoms with E-state index in [9.17, 15) is 20.1 Å². The minimum absolute atomic E-state index is 0.180. The molecule has 116 valence electrons. The Morgan fingerprint density at radius 1 is 1.14 bits per heavy atom. The van der Waals surface area contributed by atoms with Crippen LogP contribution in [0.25, 0.3) is 0 Å². The summed E-state index contributed by atoms with van der Waals surface area (Å²) in [4.78, 5) is 10.9. The zero-order valence-corrected chi connectivity index (χ0v) is 11.8. The van der Waals surface area contributed by atoms with Gasteiger partial charge >= 0.3 is 0 Å². The number of anilines is 1. The second kappa shape index (κ2) is 6.40. The molecule has 7 heteroatoms. The first-order valence-corrected chi connectivity index (χ1v) is 6.62. The van der Waals surface area contributed by atoms with Crippen molar-refractivity contribution in [2.24, 2.45) is 0 Å². The summed E-state index contributed by atoms with van der Waals surface area (Å²) < 4.78 is 10.8. The van der Waals surface area contributed by atoms with Gasteiger partial charge in [-0.15, -0.1) is 0 Å². The molecule has 1 aromatic rings. The number of carbonyl (C=O) groups is 1. The Morgan fingerprint density at radius 2 is 1.76 bits per heavy atom. The molecule has 0 spiro atoms. The maximum absolute atomic E-state index is 10.9. The van der Waals surface area contributed by atoms with E-state index in [0.29, 0.717) is 11.4 Å². The predicted octanol–water partition coefficient (Wildman–Crippen LogP) is -0.149.